The minimum Gasteiger partial charge on any atom is -0.446 e. The highest BCUT2D eigenvalue weighted by Crippen LogP contribution is 2.46. The number of fused-ring (bicyclic) bond motifs is 2. The summed E-state index contributed by atoms with van der Waals surface area (Å²) < 4.78 is 33.4. The van der Waals surface area contributed by atoms with Crippen molar-refractivity contribution in [3.05, 3.63) is 40.4 Å². The Morgan fingerprint density at radius 2 is 1.71 bits per heavy atom. The van der Waals surface area contributed by atoms with Crippen molar-refractivity contribution in [2.75, 3.05) is 6.54 Å². The number of halogens is 2. The smallest absolute Gasteiger partial charge is 0.408 e. The molecule has 1 saturated heterocycles. The van der Waals surface area contributed by atoms with E-state index < -0.39 is 68.7 Å². The third-order valence-electron chi connectivity index (χ3n) is 10.6. The zero-order chi connectivity index (χ0) is 36.6. The van der Waals surface area contributed by atoms with E-state index in [0.717, 1.165) is 38.5 Å². The predicted octanol–water partition coefficient (Wildman–Crippen LogP) is 3.83. The van der Waals surface area contributed by atoms with Gasteiger partial charge >= 0.3 is 6.09 Å². The van der Waals surface area contributed by atoms with Gasteiger partial charge in [-0.1, -0.05) is 48.2 Å². The molecule has 2 aliphatic heterocycles. The van der Waals surface area contributed by atoms with Crippen LogP contribution in [0.25, 0.3) is 11.4 Å². The van der Waals surface area contributed by atoms with Crippen LogP contribution < -0.4 is 15.4 Å². The number of nitrogens with zero attached hydrogens (tertiary/aromatic N) is 5. The molecule has 18 heteroatoms. The molecule has 4 amide bonds. The summed E-state index contributed by atoms with van der Waals surface area (Å²) in [6, 6.07) is 2.15. The number of benzene rings is 1. The molecule has 2 aromatic rings. The van der Waals surface area contributed by atoms with Crippen molar-refractivity contribution in [1.29, 1.82) is 0 Å². The number of alkyl carbamates (subject to hydrolysis) is 1. The molecule has 3 saturated carbocycles. The van der Waals surface area contributed by atoms with E-state index in [1.54, 1.807) is 18.2 Å². The highest BCUT2D eigenvalue weighted by molar-refractivity contribution is 7.91. The average molecular weight is 778 g/mol. The molecule has 15 nitrogen and oxygen atoms in total. The number of ether oxygens (including phenoxy) is 1. The molecule has 3 heterocycles. The van der Waals surface area contributed by atoms with Gasteiger partial charge in [-0.05, 0) is 87.6 Å². The number of allylic oxidation sites excluding steroid dienone is 1. The van der Waals surface area contributed by atoms with Crippen LogP contribution in [0, 0.1) is 5.92 Å². The first kappa shape index (κ1) is 36.6. The van der Waals surface area contributed by atoms with E-state index in [0.29, 0.717) is 47.7 Å². The topological polar surface area (TPSA) is 195 Å². The number of carbonyl (C=O) groups is 4. The van der Waals surface area contributed by atoms with Gasteiger partial charge in [0.15, 0.2) is 0 Å². The molecule has 5 atom stereocenters. The second-order valence-electron chi connectivity index (χ2n) is 14.5. The van der Waals surface area contributed by atoms with Crippen LogP contribution in [0.15, 0.2) is 30.4 Å². The van der Waals surface area contributed by atoms with Crippen LogP contribution in [-0.4, -0.2) is 92.9 Å². The monoisotopic (exact) mass is 776 g/mol. The van der Waals surface area contributed by atoms with Gasteiger partial charge in [0.2, 0.25) is 27.7 Å². The van der Waals surface area contributed by atoms with Crippen molar-refractivity contribution >= 4 is 57.0 Å². The van der Waals surface area contributed by atoms with Crippen LogP contribution >= 0.6 is 23.2 Å². The maximum absolute atomic E-state index is 14.4. The molecule has 1 unspecified atom stereocenters. The Hall–Kier alpha value is -3.76. The van der Waals surface area contributed by atoms with Gasteiger partial charge in [0.25, 0.3) is 5.91 Å². The highest BCUT2D eigenvalue weighted by atomic mass is 35.5. The highest BCUT2D eigenvalue weighted by Gasteiger charge is 2.62. The zero-order valence-electron chi connectivity index (χ0n) is 28.5. The Balaban J connectivity index is 1.17. The summed E-state index contributed by atoms with van der Waals surface area (Å²) in [6.07, 6.45) is 10.8. The number of amides is 4. The summed E-state index contributed by atoms with van der Waals surface area (Å²) in [6.45, 7) is -0.00252. The fraction of sp³-hybridized carbons (Fsp3) is 0.618. The van der Waals surface area contributed by atoms with Crippen molar-refractivity contribution in [2.45, 2.75) is 118 Å². The standard InChI is InChI=1S/C34H42Cl2N8O7S/c35-22-14-20(15-23(36)16-22)29-39-42-44(40-29)24-17-28-30(45)38-34(32(47)41-52(49,50)26-12-13-26)18-21(34)8-4-2-1-3-5-11-27(31(46)43(28)19-24)37-33(48)51-25-9-6-7-10-25/h4,8,14-16,21,24-28H,1-3,5-7,9-13,17-19H2,(H,37,48)(H,38,45)(H,41,47)/b8-4+/t21?,24-,27+,28+,34-/m1/s1. The van der Waals surface area contributed by atoms with E-state index in [1.807, 2.05) is 12.2 Å². The first-order valence-corrected chi connectivity index (χ1v) is 20.3. The third-order valence-corrected chi connectivity index (χ3v) is 12.9. The molecule has 5 aliphatic rings. The van der Waals surface area contributed by atoms with Gasteiger partial charge in [0.1, 0.15) is 23.7 Å². The Bertz CT molecular complexity index is 1840. The number of hydrogen-bond donors (Lipinski definition) is 3. The lowest BCUT2D eigenvalue weighted by Crippen LogP contribution is -2.58. The van der Waals surface area contributed by atoms with Crippen LogP contribution in [0.2, 0.25) is 10.0 Å². The summed E-state index contributed by atoms with van der Waals surface area (Å²) >= 11 is 12.4. The molecule has 7 rings (SSSR count). The molecule has 0 spiro atoms. The second kappa shape index (κ2) is 14.9. The summed E-state index contributed by atoms with van der Waals surface area (Å²) in [5.74, 6) is -2.10. The SMILES string of the molecule is O=C(N[C@H]1CCCCC/C=C/C2C[C@@]2(C(=O)NS(=O)(=O)C2CC2)NC(=O)[C@@H]2C[C@@H](n3nnc(-c4cc(Cl)cc(Cl)c4)n3)CN2C1=O)OC1CCCC1. The van der Waals surface area contributed by atoms with E-state index in [9.17, 15) is 27.6 Å². The van der Waals surface area contributed by atoms with Crippen LogP contribution in [0.4, 0.5) is 4.79 Å². The minimum absolute atomic E-state index is 0.00252. The lowest BCUT2D eigenvalue weighted by atomic mass is 10.0. The van der Waals surface area contributed by atoms with Gasteiger partial charge in [-0.25, -0.2) is 13.2 Å². The number of aromatic nitrogens is 4. The van der Waals surface area contributed by atoms with Crippen LogP contribution in [-0.2, 0) is 29.1 Å². The van der Waals surface area contributed by atoms with Crippen LogP contribution in [0.3, 0.4) is 0 Å². The van der Waals surface area contributed by atoms with E-state index in [1.165, 1.54) is 9.70 Å². The summed E-state index contributed by atoms with van der Waals surface area (Å²) in [5.41, 5.74) is -0.979. The van der Waals surface area contributed by atoms with Crippen molar-refractivity contribution in [1.82, 2.24) is 40.5 Å². The van der Waals surface area contributed by atoms with E-state index in [2.05, 4.69) is 30.8 Å². The number of hydrogen-bond acceptors (Lipinski definition) is 10. The van der Waals surface area contributed by atoms with Gasteiger partial charge in [-0.3, -0.25) is 19.1 Å². The lowest BCUT2D eigenvalue weighted by Gasteiger charge is -2.30. The lowest BCUT2D eigenvalue weighted by molar-refractivity contribution is -0.141. The summed E-state index contributed by atoms with van der Waals surface area (Å²) in [5, 5.41) is 18.7. The third kappa shape index (κ3) is 8.08. The molecule has 1 aromatic heterocycles. The maximum Gasteiger partial charge on any atom is 0.408 e. The number of sulfonamides is 1. The van der Waals surface area contributed by atoms with Gasteiger partial charge in [0, 0.05) is 34.5 Å². The first-order valence-electron chi connectivity index (χ1n) is 18.0. The molecular weight excluding hydrogens is 735 g/mol. The molecular formula is C34H42Cl2N8O7S. The first-order chi connectivity index (χ1) is 24.9. The Morgan fingerprint density at radius 3 is 2.44 bits per heavy atom. The van der Waals surface area contributed by atoms with Crippen molar-refractivity contribution in [3.8, 4) is 11.4 Å². The van der Waals surface area contributed by atoms with Crippen molar-refractivity contribution in [2.24, 2.45) is 5.92 Å². The molecule has 280 valence electrons. The predicted molar refractivity (Wildman–Crippen MR) is 189 cm³/mol. The fourth-order valence-electron chi connectivity index (χ4n) is 7.46. The maximum atomic E-state index is 14.4. The largest absolute Gasteiger partial charge is 0.446 e. The molecule has 52 heavy (non-hydrogen) atoms. The second-order valence-corrected chi connectivity index (χ2v) is 17.3. The van der Waals surface area contributed by atoms with E-state index in [4.69, 9.17) is 27.9 Å². The normalized spacial score (nSPS) is 29.2. The van der Waals surface area contributed by atoms with Crippen LogP contribution in [0.5, 0.6) is 0 Å². The van der Waals surface area contributed by atoms with Crippen molar-refractivity contribution < 1.29 is 32.3 Å². The fourth-order valence-corrected chi connectivity index (χ4v) is 9.35. The Kier molecular flexibility index (Phi) is 10.5. The molecule has 1 aromatic carbocycles. The number of tetrazole rings is 1. The molecule has 4 fully saturated rings. The van der Waals surface area contributed by atoms with Gasteiger partial charge in [0.05, 0.1) is 11.3 Å². The molecule has 3 aliphatic carbocycles. The van der Waals surface area contributed by atoms with E-state index >= 15 is 0 Å². The Labute approximate surface area is 311 Å². The number of rotatable bonds is 7. The molecule has 0 radical (unpaired) electrons. The van der Waals surface area contributed by atoms with Gasteiger partial charge < -0.3 is 20.3 Å². The number of carbonyl (C=O) groups excluding carboxylic acids is 4. The zero-order valence-corrected chi connectivity index (χ0v) is 30.8. The summed E-state index contributed by atoms with van der Waals surface area (Å²) in [4.78, 5) is 58.2. The minimum atomic E-state index is -3.89. The van der Waals surface area contributed by atoms with Gasteiger partial charge in [-0.15, -0.1) is 10.2 Å². The van der Waals surface area contributed by atoms with Crippen LogP contribution in [0.1, 0.15) is 89.5 Å². The molecule has 0 bridgehead atoms. The van der Waals surface area contributed by atoms with Crippen molar-refractivity contribution in [3.63, 3.8) is 0 Å². The average Bonchev–Trinajstić information content (AvgIpc) is 3.84. The summed E-state index contributed by atoms with van der Waals surface area (Å²) in [7, 11) is -3.89. The van der Waals surface area contributed by atoms with Gasteiger partial charge in [-0.2, -0.15) is 4.80 Å². The molecule has 3 N–H and O–H groups in total. The number of nitrogens with one attached hydrogen (secondary N) is 3. The Morgan fingerprint density at radius 1 is 0.981 bits per heavy atom. The van der Waals surface area contributed by atoms with E-state index in [-0.39, 0.29) is 31.3 Å². The quantitative estimate of drug-likeness (QED) is 0.348.